The Labute approximate surface area is 126 Å². The molecule has 0 saturated carbocycles. The molecule has 2 aromatic carbocycles. The molecule has 1 amide bonds. The molecule has 6 heteroatoms. The van der Waals surface area contributed by atoms with Gasteiger partial charge in [0, 0.05) is 5.56 Å². The number of carbonyl (C=O) groups is 1. The van der Waals surface area contributed by atoms with Gasteiger partial charge in [0.1, 0.15) is 28.8 Å². The van der Waals surface area contributed by atoms with Gasteiger partial charge >= 0.3 is 0 Å². The number of amides is 1. The average Bonchev–Trinajstić information content (AvgIpc) is 2.51. The molecule has 0 spiro atoms. The second-order valence-corrected chi connectivity index (χ2v) is 4.50. The van der Waals surface area contributed by atoms with Crippen molar-refractivity contribution in [3.8, 4) is 11.5 Å². The van der Waals surface area contributed by atoms with Gasteiger partial charge in [0.05, 0.1) is 20.6 Å². The van der Waals surface area contributed by atoms with E-state index in [4.69, 9.17) is 9.47 Å². The highest BCUT2D eigenvalue weighted by molar-refractivity contribution is 5.92. The number of carbonyl (C=O) groups excluding carboxylic acids is 1. The Morgan fingerprint density at radius 2 is 1.77 bits per heavy atom. The summed E-state index contributed by atoms with van der Waals surface area (Å²) in [6.07, 6.45) is -0.103. The summed E-state index contributed by atoms with van der Waals surface area (Å²) < 4.78 is 37.3. The molecule has 0 atom stereocenters. The number of ether oxygens (including phenoxy) is 2. The highest BCUT2D eigenvalue weighted by Gasteiger charge is 2.14. The van der Waals surface area contributed by atoms with Gasteiger partial charge in [-0.1, -0.05) is 6.07 Å². The molecule has 0 unspecified atom stereocenters. The van der Waals surface area contributed by atoms with E-state index in [9.17, 15) is 13.6 Å². The lowest BCUT2D eigenvalue weighted by molar-refractivity contribution is -0.115. The number of methoxy groups -OCH3 is 2. The highest BCUT2D eigenvalue weighted by atomic mass is 19.1. The van der Waals surface area contributed by atoms with Crippen molar-refractivity contribution < 1.29 is 23.0 Å². The molecule has 0 aliphatic carbocycles. The van der Waals surface area contributed by atoms with Gasteiger partial charge in [-0.15, -0.1) is 0 Å². The van der Waals surface area contributed by atoms with Crippen LogP contribution >= 0.6 is 0 Å². The van der Waals surface area contributed by atoms with Crippen molar-refractivity contribution in [2.75, 3.05) is 19.5 Å². The molecule has 0 fully saturated rings. The Bertz CT molecular complexity index is 669. The first-order chi connectivity index (χ1) is 10.5. The summed E-state index contributed by atoms with van der Waals surface area (Å²) in [7, 11) is 2.97. The molecular weight excluding hydrogens is 292 g/mol. The average molecular weight is 307 g/mol. The molecule has 2 rings (SSSR count). The van der Waals surface area contributed by atoms with E-state index < -0.39 is 23.2 Å². The Morgan fingerprint density at radius 1 is 1.09 bits per heavy atom. The largest absolute Gasteiger partial charge is 0.497 e. The van der Waals surface area contributed by atoms with Crippen molar-refractivity contribution in [1.82, 2.24) is 0 Å². The van der Waals surface area contributed by atoms with Gasteiger partial charge in [-0.05, 0) is 30.3 Å². The summed E-state index contributed by atoms with van der Waals surface area (Å²) in [5.41, 5.74) is 0.0884. The first-order valence-electron chi connectivity index (χ1n) is 6.50. The lowest BCUT2D eigenvalue weighted by Crippen LogP contribution is -2.17. The van der Waals surface area contributed by atoms with Gasteiger partial charge in [-0.25, -0.2) is 8.78 Å². The number of rotatable bonds is 5. The van der Waals surface area contributed by atoms with Crippen LogP contribution in [0.5, 0.6) is 11.5 Å². The molecule has 1 N–H and O–H groups in total. The summed E-state index contributed by atoms with van der Waals surface area (Å²) in [4.78, 5) is 12.0. The molecule has 0 radical (unpaired) electrons. The third-order valence-corrected chi connectivity index (χ3v) is 3.07. The number of para-hydroxylation sites is 1. The van der Waals surface area contributed by atoms with Crippen LogP contribution in [0.25, 0.3) is 0 Å². The van der Waals surface area contributed by atoms with E-state index in [1.165, 1.54) is 20.3 Å². The minimum absolute atomic E-state index is 0.103. The predicted octanol–water partition coefficient (Wildman–Crippen LogP) is 3.16. The van der Waals surface area contributed by atoms with E-state index in [-0.39, 0.29) is 6.42 Å². The predicted molar refractivity (Wildman–Crippen MR) is 78.2 cm³/mol. The Kier molecular flexibility index (Phi) is 4.93. The van der Waals surface area contributed by atoms with Crippen molar-refractivity contribution in [3.63, 3.8) is 0 Å². The van der Waals surface area contributed by atoms with Gasteiger partial charge in [-0.3, -0.25) is 4.79 Å². The topological polar surface area (TPSA) is 47.6 Å². The second kappa shape index (κ2) is 6.89. The minimum atomic E-state index is -0.828. The monoisotopic (exact) mass is 307 g/mol. The van der Waals surface area contributed by atoms with Crippen LogP contribution in [-0.2, 0) is 11.2 Å². The fraction of sp³-hybridized carbons (Fsp3) is 0.188. The first-order valence-corrected chi connectivity index (χ1v) is 6.50. The van der Waals surface area contributed by atoms with E-state index in [2.05, 4.69) is 5.32 Å². The summed E-state index contributed by atoms with van der Waals surface area (Å²) in [6.45, 7) is 0. The fourth-order valence-electron chi connectivity index (χ4n) is 1.99. The molecule has 116 valence electrons. The van der Waals surface area contributed by atoms with E-state index in [1.54, 1.807) is 18.2 Å². The van der Waals surface area contributed by atoms with Crippen LogP contribution in [0.2, 0.25) is 0 Å². The number of halogens is 2. The lowest BCUT2D eigenvalue weighted by atomic mass is 10.1. The number of nitrogens with one attached hydrogen (secondary N) is 1. The van der Waals surface area contributed by atoms with Crippen LogP contribution in [0.4, 0.5) is 14.5 Å². The van der Waals surface area contributed by atoms with Crippen molar-refractivity contribution in [3.05, 3.63) is 53.6 Å². The summed E-state index contributed by atoms with van der Waals surface area (Å²) in [5.74, 6) is -1.17. The SMILES string of the molecule is COc1ccc(OC)c(CC(=O)Nc2c(F)cccc2F)c1. The zero-order valence-corrected chi connectivity index (χ0v) is 12.2. The van der Waals surface area contributed by atoms with E-state index >= 15 is 0 Å². The summed E-state index contributed by atoms with van der Waals surface area (Å²) >= 11 is 0. The van der Waals surface area contributed by atoms with Crippen LogP contribution in [0.15, 0.2) is 36.4 Å². The van der Waals surface area contributed by atoms with Crippen molar-refractivity contribution in [2.24, 2.45) is 0 Å². The highest BCUT2D eigenvalue weighted by Crippen LogP contribution is 2.25. The lowest BCUT2D eigenvalue weighted by Gasteiger charge is -2.11. The Hall–Kier alpha value is -2.63. The minimum Gasteiger partial charge on any atom is -0.497 e. The van der Waals surface area contributed by atoms with E-state index in [0.717, 1.165) is 12.1 Å². The third kappa shape index (κ3) is 3.52. The van der Waals surface area contributed by atoms with Gasteiger partial charge in [0.15, 0.2) is 0 Å². The zero-order chi connectivity index (χ0) is 16.1. The van der Waals surface area contributed by atoms with Gasteiger partial charge in [-0.2, -0.15) is 0 Å². The third-order valence-electron chi connectivity index (χ3n) is 3.07. The maximum absolute atomic E-state index is 13.5. The number of anilines is 1. The van der Waals surface area contributed by atoms with Crippen LogP contribution in [0, 0.1) is 11.6 Å². The maximum atomic E-state index is 13.5. The Balaban J connectivity index is 2.19. The number of benzene rings is 2. The summed E-state index contributed by atoms with van der Waals surface area (Å²) in [5, 5.41) is 2.23. The van der Waals surface area contributed by atoms with Crippen molar-refractivity contribution in [1.29, 1.82) is 0 Å². The fourth-order valence-corrected chi connectivity index (χ4v) is 1.99. The zero-order valence-electron chi connectivity index (χ0n) is 12.2. The molecule has 0 saturated heterocycles. The normalized spacial score (nSPS) is 10.2. The molecule has 0 aromatic heterocycles. The van der Waals surface area contributed by atoms with Gasteiger partial charge in [0.25, 0.3) is 0 Å². The second-order valence-electron chi connectivity index (χ2n) is 4.50. The smallest absolute Gasteiger partial charge is 0.229 e. The molecular formula is C16H15F2NO3. The molecule has 22 heavy (non-hydrogen) atoms. The molecule has 0 aliphatic rings. The van der Waals surface area contributed by atoms with Crippen molar-refractivity contribution in [2.45, 2.75) is 6.42 Å². The van der Waals surface area contributed by atoms with Crippen LogP contribution in [-0.4, -0.2) is 20.1 Å². The van der Waals surface area contributed by atoms with Crippen LogP contribution < -0.4 is 14.8 Å². The molecule has 4 nitrogen and oxygen atoms in total. The molecule has 0 bridgehead atoms. The molecule has 0 heterocycles. The maximum Gasteiger partial charge on any atom is 0.229 e. The van der Waals surface area contributed by atoms with E-state index in [1.807, 2.05) is 0 Å². The quantitative estimate of drug-likeness (QED) is 0.923. The standard InChI is InChI=1S/C16H15F2NO3/c1-21-11-6-7-14(22-2)10(8-11)9-15(20)19-16-12(17)4-3-5-13(16)18/h3-8H,9H2,1-2H3,(H,19,20). The molecule has 0 aliphatic heterocycles. The van der Waals surface area contributed by atoms with Crippen molar-refractivity contribution >= 4 is 11.6 Å². The number of hydrogen-bond donors (Lipinski definition) is 1. The molecule has 2 aromatic rings. The van der Waals surface area contributed by atoms with E-state index in [0.29, 0.717) is 17.1 Å². The first kappa shape index (κ1) is 15.8. The van der Waals surface area contributed by atoms with Crippen LogP contribution in [0.1, 0.15) is 5.56 Å². The Morgan fingerprint density at radius 3 is 2.36 bits per heavy atom. The van der Waals surface area contributed by atoms with Crippen LogP contribution in [0.3, 0.4) is 0 Å². The van der Waals surface area contributed by atoms with Gasteiger partial charge < -0.3 is 14.8 Å². The summed E-state index contributed by atoms with van der Waals surface area (Å²) in [6, 6.07) is 8.36. The number of hydrogen-bond acceptors (Lipinski definition) is 3. The van der Waals surface area contributed by atoms with Gasteiger partial charge in [0.2, 0.25) is 5.91 Å².